The Balaban J connectivity index is 1.71. The minimum absolute atomic E-state index is 0.118. The van der Waals surface area contributed by atoms with Crippen LogP contribution in [0.1, 0.15) is 0 Å². The van der Waals surface area contributed by atoms with Gasteiger partial charge in [0.1, 0.15) is 0 Å². The van der Waals surface area contributed by atoms with Gasteiger partial charge < -0.3 is 15.5 Å². The first-order valence-electron chi connectivity index (χ1n) is 5.00. The first kappa shape index (κ1) is 9.86. The van der Waals surface area contributed by atoms with Gasteiger partial charge in [0.05, 0.1) is 6.04 Å². The molecule has 2 rings (SSSR count). The van der Waals surface area contributed by atoms with Crippen LogP contribution in [0.3, 0.4) is 0 Å². The zero-order valence-corrected chi connectivity index (χ0v) is 8.29. The summed E-state index contributed by atoms with van der Waals surface area (Å²) in [6.45, 7) is 2.92. The highest BCUT2D eigenvalue weighted by Crippen LogP contribution is 2.14. The monoisotopic (exact) mass is 201 g/mol. The van der Waals surface area contributed by atoms with Crippen molar-refractivity contribution in [2.24, 2.45) is 5.92 Å². The van der Waals surface area contributed by atoms with Gasteiger partial charge >= 0.3 is 0 Å². The van der Waals surface area contributed by atoms with Crippen molar-refractivity contribution < 1.29 is 9.18 Å². The predicted octanol–water partition coefficient (Wildman–Crippen LogP) is -1.03. The molecule has 2 saturated heterocycles. The largest absolute Gasteiger partial charge is 0.348 e. The van der Waals surface area contributed by atoms with E-state index in [1.54, 1.807) is 0 Å². The number of nitrogens with one attached hydrogen (secondary N) is 2. The molecule has 0 aliphatic carbocycles. The smallest absolute Gasteiger partial charge is 0.255 e. The van der Waals surface area contributed by atoms with E-state index in [1.165, 1.54) is 0 Å². The molecule has 0 radical (unpaired) electrons. The quantitative estimate of drug-likeness (QED) is 0.614. The van der Waals surface area contributed by atoms with Crippen LogP contribution in [-0.2, 0) is 4.79 Å². The van der Waals surface area contributed by atoms with Crippen molar-refractivity contribution in [3.63, 3.8) is 0 Å². The Morgan fingerprint density at radius 1 is 1.57 bits per heavy atom. The van der Waals surface area contributed by atoms with Crippen LogP contribution in [0, 0.1) is 5.92 Å². The summed E-state index contributed by atoms with van der Waals surface area (Å²) >= 11 is 0. The van der Waals surface area contributed by atoms with Gasteiger partial charge in [0.2, 0.25) is 0 Å². The summed E-state index contributed by atoms with van der Waals surface area (Å²) in [5.74, 6) is -0.553. The van der Waals surface area contributed by atoms with E-state index in [0.717, 1.165) is 13.1 Å². The van der Waals surface area contributed by atoms with E-state index in [2.05, 4.69) is 15.5 Å². The highest BCUT2D eigenvalue weighted by Gasteiger charge is 2.34. The second kappa shape index (κ2) is 3.82. The molecule has 1 atom stereocenters. The molecule has 2 aliphatic rings. The minimum atomic E-state index is -1.33. The lowest BCUT2D eigenvalue weighted by Crippen LogP contribution is -2.60. The minimum Gasteiger partial charge on any atom is -0.348 e. The summed E-state index contributed by atoms with van der Waals surface area (Å²) < 4.78 is 13.4. The number of hydrogen-bond acceptors (Lipinski definition) is 3. The van der Waals surface area contributed by atoms with Crippen LogP contribution in [0.4, 0.5) is 4.39 Å². The molecule has 5 heteroatoms. The molecular weight excluding hydrogens is 185 g/mol. The molecule has 0 aromatic carbocycles. The standard InChI is InChI=1S/C9H16FN3O/c1-13-4-7(5-13)12-9(14)8(10)6-2-11-3-6/h6-8,11H,2-5H2,1H3,(H,12,14). The van der Waals surface area contributed by atoms with Gasteiger partial charge in [-0.2, -0.15) is 0 Å². The number of carbonyl (C=O) groups is 1. The maximum absolute atomic E-state index is 13.4. The van der Waals surface area contributed by atoms with Crippen LogP contribution >= 0.6 is 0 Å². The summed E-state index contributed by atoms with van der Waals surface area (Å²) in [6, 6.07) is 0.152. The van der Waals surface area contributed by atoms with Crippen molar-refractivity contribution >= 4 is 5.91 Å². The van der Waals surface area contributed by atoms with Crippen LogP contribution in [0.25, 0.3) is 0 Å². The highest BCUT2D eigenvalue weighted by molar-refractivity contribution is 5.81. The van der Waals surface area contributed by atoms with E-state index >= 15 is 0 Å². The van der Waals surface area contributed by atoms with Gasteiger partial charge in [0.15, 0.2) is 6.17 Å². The summed E-state index contributed by atoms with van der Waals surface area (Å²) in [5.41, 5.74) is 0. The van der Waals surface area contributed by atoms with Crippen LogP contribution in [0.15, 0.2) is 0 Å². The van der Waals surface area contributed by atoms with Crippen LogP contribution in [0.2, 0.25) is 0 Å². The Labute approximate surface area is 82.8 Å². The molecule has 0 spiro atoms. The van der Waals surface area contributed by atoms with E-state index in [0.29, 0.717) is 13.1 Å². The number of hydrogen-bond donors (Lipinski definition) is 2. The normalized spacial score (nSPS) is 26.4. The Morgan fingerprint density at radius 2 is 2.21 bits per heavy atom. The van der Waals surface area contributed by atoms with Crippen molar-refractivity contribution in [3.05, 3.63) is 0 Å². The van der Waals surface area contributed by atoms with Crippen molar-refractivity contribution in [3.8, 4) is 0 Å². The Kier molecular flexibility index (Phi) is 2.69. The van der Waals surface area contributed by atoms with Crippen LogP contribution < -0.4 is 10.6 Å². The zero-order chi connectivity index (χ0) is 10.1. The third-order valence-corrected chi connectivity index (χ3v) is 2.89. The number of likely N-dealkylation sites (N-methyl/N-ethyl adjacent to an activating group) is 1. The van der Waals surface area contributed by atoms with Crippen molar-refractivity contribution in [1.82, 2.24) is 15.5 Å². The topological polar surface area (TPSA) is 44.4 Å². The molecule has 4 nitrogen and oxygen atoms in total. The number of alkyl halides is 1. The predicted molar refractivity (Wildman–Crippen MR) is 50.7 cm³/mol. The molecule has 0 saturated carbocycles. The van der Waals surface area contributed by atoms with Crippen molar-refractivity contribution in [2.45, 2.75) is 12.2 Å². The van der Waals surface area contributed by atoms with Gasteiger partial charge in [0, 0.05) is 32.1 Å². The number of likely N-dealkylation sites (tertiary alicyclic amines) is 1. The van der Waals surface area contributed by atoms with Crippen LogP contribution in [-0.4, -0.2) is 56.2 Å². The number of amides is 1. The first-order valence-corrected chi connectivity index (χ1v) is 5.00. The van der Waals surface area contributed by atoms with E-state index in [9.17, 15) is 9.18 Å². The molecule has 2 N–H and O–H groups in total. The Morgan fingerprint density at radius 3 is 2.64 bits per heavy atom. The fourth-order valence-electron chi connectivity index (χ4n) is 1.80. The van der Waals surface area contributed by atoms with E-state index in [1.807, 2.05) is 7.05 Å². The summed E-state index contributed by atoms with van der Waals surface area (Å²) in [5, 5.41) is 5.67. The summed E-state index contributed by atoms with van der Waals surface area (Å²) in [4.78, 5) is 13.4. The van der Waals surface area contributed by atoms with Crippen LogP contribution in [0.5, 0.6) is 0 Å². The lowest BCUT2D eigenvalue weighted by molar-refractivity contribution is -0.130. The second-order valence-corrected chi connectivity index (χ2v) is 4.25. The molecule has 0 aromatic rings. The third kappa shape index (κ3) is 1.88. The van der Waals surface area contributed by atoms with Gasteiger partial charge in [0.25, 0.3) is 5.91 Å². The molecule has 1 amide bonds. The number of rotatable bonds is 3. The van der Waals surface area contributed by atoms with Crippen molar-refractivity contribution in [1.29, 1.82) is 0 Å². The number of halogens is 1. The molecule has 0 bridgehead atoms. The molecule has 2 aliphatic heterocycles. The average molecular weight is 201 g/mol. The first-order chi connectivity index (χ1) is 6.66. The molecular formula is C9H16FN3O. The van der Waals surface area contributed by atoms with Crippen molar-refractivity contribution in [2.75, 3.05) is 33.2 Å². The third-order valence-electron chi connectivity index (χ3n) is 2.89. The molecule has 80 valence electrons. The maximum Gasteiger partial charge on any atom is 0.255 e. The molecule has 2 fully saturated rings. The average Bonchev–Trinajstić information content (AvgIpc) is 1.98. The SMILES string of the molecule is CN1CC(NC(=O)C(F)C2CNC2)C1. The van der Waals surface area contributed by atoms with E-state index in [4.69, 9.17) is 0 Å². The fraction of sp³-hybridized carbons (Fsp3) is 0.889. The molecule has 1 unspecified atom stereocenters. The summed E-state index contributed by atoms with van der Waals surface area (Å²) in [7, 11) is 1.98. The zero-order valence-electron chi connectivity index (χ0n) is 8.29. The number of nitrogens with zero attached hydrogens (tertiary/aromatic N) is 1. The summed E-state index contributed by atoms with van der Waals surface area (Å²) in [6.07, 6.45) is -1.33. The van der Waals surface area contributed by atoms with Gasteiger partial charge in [-0.25, -0.2) is 4.39 Å². The number of carbonyl (C=O) groups excluding carboxylic acids is 1. The lowest BCUT2D eigenvalue weighted by Gasteiger charge is -2.38. The lowest BCUT2D eigenvalue weighted by atomic mass is 9.96. The molecule has 14 heavy (non-hydrogen) atoms. The van der Waals surface area contributed by atoms with Gasteiger partial charge in [-0.05, 0) is 7.05 Å². The van der Waals surface area contributed by atoms with Gasteiger partial charge in [-0.15, -0.1) is 0 Å². The fourth-order valence-corrected chi connectivity index (χ4v) is 1.80. The molecule has 2 heterocycles. The van der Waals surface area contributed by atoms with Gasteiger partial charge in [-0.3, -0.25) is 4.79 Å². The van der Waals surface area contributed by atoms with Gasteiger partial charge in [-0.1, -0.05) is 0 Å². The Bertz CT molecular complexity index is 226. The second-order valence-electron chi connectivity index (χ2n) is 4.25. The Hall–Kier alpha value is -0.680. The maximum atomic E-state index is 13.4. The van der Waals surface area contributed by atoms with E-state index in [-0.39, 0.29) is 12.0 Å². The molecule has 0 aromatic heterocycles. The highest BCUT2D eigenvalue weighted by atomic mass is 19.1. The van der Waals surface area contributed by atoms with E-state index < -0.39 is 12.1 Å².